The van der Waals surface area contributed by atoms with E-state index >= 15 is 0 Å². The lowest BCUT2D eigenvalue weighted by Crippen LogP contribution is -2.38. The minimum Gasteiger partial charge on any atom is -0.329 e. The SMILES string of the molecule is C=C(CC)NC(=O)NS(=O)(=O)c1ccccc1-c1ccc(Cn2cc(SC)nc2CCCC)cc1. The van der Waals surface area contributed by atoms with Gasteiger partial charge in [0.2, 0.25) is 0 Å². The zero-order chi connectivity index (χ0) is 25.4. The minimum absolute atomic E-state index is 0.0334. The van der Waals surface area contributed by atoms with Crippen molar-refractivity contribution in [2.75, 3.05) is 6.26 Å². The predicted molar refractivity (Wildman–Crippen MR) is 142 cm³/mol. The van der Waals surface area contributed by atoms with Crippen LogP contribution in [0.25, 0.3) is 11.1 Å². The fourth-order valence-electron chi connectivity index (χ4n) is 3.58. The van der Waals surface area contributed by atoms with Crippen LogP contribution in [0.1, 0.15) is 44.5 Å². The number of urea groups is 1. The van der Waals surface area contributed by atoms with Crippen LogP contribution in [0.5, 0.6) is 0 Å². The van der Waals surface area contributed by atoms with Crippen LogP contribution in [0.2, 0.25) is 0 Å². The third-order valence-electron chi connectivity index (χ3n) is 5.54. The molecule has 0 saturated carbocycles. The van der Waals surface area contributed by atoms with Gasteiger partial charge < -0.3 is 9.88 Å². The Bertz CT molecular complexity index is 1280. The molecule has 2 N–H and O–H groups in total. The van der Waals surface area contributed by atoms with E-state index in [4.69, 9.17) is 4.98 Å². The predicted octanol–water partition coefficient (Wildman–Crippen LogP) is 5.57. The summed E-state index contributed by atoms with van der Waals surface area (Å²) in [5.74, 6) is 1.08. The summed E-state index contributed by atoms with van der Waals surface area (Å²) in [6.45, 7) is 8.35. The summed E-state index contributed by atoms with van der Waals surface area (Å²) in [6.07, 6.45) is 7.75. The maximum Gasteiger partial charge on any atom is 0.332 e. The van der Waals surface area contributed by atoms with Crippen molar-refractivity contribution in [3.8, 4) is 11.1 Å². The highest BCUT2D eigenvalue weighted by molar-refractivity contribution is 7.98. The largest absolute Gasteiger partial charge is 0.332 e. The van der Waals surface area contributed by atoms with Crippen LogP contribution in [0.4, 0.5) is 4.79 Å². The van der Waals surface area contributed by atoms with Crippen molar-refractivity contribution in [3.05, 3.63) is 78.4 Å². The van der Waals surface area contributed by atoms with Crippen molar-refractivity contribution in [1.82, 2.24) is 19.6 Å². The van der Waals surface area contributed by atoms with Crippen LogP contribution in [-0.4, -0.2) is 30.3 Å². The van der Waals surface area contributed by atoms with E-state index < -0.39 is 16.1 Å². The molecule has 1 heterocycles. The highest BCUT2D eigenvalue weighted by Gasteiger charge is 2.22. The van der Waals surface area contributed by atoms with Gasteiger partial charge in [-0.3, -0.25) is 0 Å². The van der Waals surface area contributed by atoms with Gasteiger partial charge in [-0.05, 0) is 36.3 Å². The molecule has 0 saturated heterocycles. The van der Waals surface area contributed by atoms with E-state index in [1.807, 2.05) is 37.4 Å². The number of hydrogen-bond donors (Lipinski definition) is 2. The number of hydrogen-bond acceptors (Lipinski definition) is 5. The van der Waals surface area contributed by atoms with Crippen molar-refractivity contribution in [3.63, 3.8) is 0 Å². The Hall–Kier alpha value is -3.04. The van der Waals surface area contributed by atoms with E-state index in [2.05, 4.69) is 34.3 Å². The van der Waals surface area contributed by atoms with Gasteiger partial charge in [-0.2, -0.15) is 0 Å². The fraction of sp³-hybridized carbons (Fsp3) is 0.308. The van der Waals surface area contributed by atoms with Gasteiger partial charge in [-0.1, -0.05) is 69.3 Å². The number of imidazole rings is 1. The molecular formula is C26H32N4O3S2. The molecule has 186 valence electrons. The zero-order valence-corrected chi connectivity index (χ0v) is 22.0. The van der Waals surface area contributed by atoms with Crippen molar-refractivity contribution in [2.24, 2.45) is 0 Å². The number of amides is 2. The molecule has 9 heteroatoms. The highest BCUT2D eigenvalue weighted by atomic mass is 32.2. The molecule has 0 aliphatic heterocycles. The number of sulfonamides is 1. The van der Waals surface area contributed by atoms with Crippen molar-refractivity contribution >= 4 is 27.8 Å². The molecule has 0 atom stereocenters. The molecule has 0 bridgehead atoms. The number of aromatic nitrogens is 2. The molecular weight excluding hydrogens is 480 g/mol. The average Bonchev–Trinajstić information content (AvgIpc) is 3.24. The van der Waals surface area contributed by atoms with Gasteiger partial charge in [-0.15, -0.1) is 11.8 Å². The number of carbonyl (C=O) groups is 1. The Morgan fingerprint density at radius 1 is 1.11 bits per heavy atom. The van der Waals surface area contributed by atoms with Crippen LogP contribution in [-0.2, 0) is 23.0 Å². The number of nitrogens with one attached hydrogen (secondary N) is 2. The molecule has 0 unspecified atom stereocenters. The van der Waals surface area contributed by atoms with Gasteiger partial charge in [0, 0.05) is 30.4 Å². The lowest BCUT2D eigenvalue weighted by atomic mass is 10.0. The first-order valence-electron chi connectivity index (χ1n) is 11.6. The summed E-state index contributed by atoms with van der Waals surface area (Å²) in [7, 11) is -4.08. The second-order valence-electron chi connectivity index (χ2n) is 8.14. The highest BCUT2D eigenvalue weighted by Crippen LogP contribution is 2.28. The zero-order valence-electron chi connectivity index (χ0n) is 20.4. The van der Waals surface area contributed by atoms with Crippen molar-refractivity contribution < 1.29 is 13.2 Å². The first-order chi connectivity index (χ1) is 16.8. The van der Waals surface area contributed by atoms with E-state index in [0.29, 0.717) is 24.2 Å². The lowest BCUT2D eigenvalue weighted by molar-refractivity contribution is 0.248. The molecule has 0 fully saturated rings. The Morgan fingerprint density at radius 3 is 2.49 bits per heavy atom. The molecule has 3 aromatic rings. The molecule has 2 aromatic carbocycles. The van der Waals surface area contributed by atoms with Gasteiger partial charge in [-0.25, -0.2) is 22.9 Å². The number of unbranched alkanes of at least 4 members (excludes halogenated alkanes) is 1. The molecule has 0 spiro atoms. The molecule has 7 nitrogen and oxygen atoms in total. The third kappa shape index (κ3) is 6.99. The molecule has 0 radical (unpaired) electrons. The minimum atomic E-state index is -4.08. The van der Waals surface area contributed by atoms with Gasteiger partial charge >= 0.3 is 6.03 Å². The summed E-state index contributed by atoms with van der Waals surface area (Å²) in [4.78, 5) is 16.9. The van der Waals surface area contributed by atoms with E-state index in [1.165, 1.54) is 6.07 Å². The summed E-state index contributed by atoms with van der Waals surface area (Å²) in [5.41, 5.74) is 2.79. The van der Waals surface area contributed by atoms with Crippen LogP contribution < -0.4 is 10.0 Å². The summed E-state index contributed by atoms with van der Waals surface area (Å²) in [5, 5.41) is 3.44. The van der Waals surface area contributed by atoms with E-state index in [9.17, 15) is 13.2 Å². The number of thioether (sulfide) groups is 1. The second kappa shape index (κ2) is 12.1. The molecule has 2 amide bonds. The molecule has 3 rings (SSSR count). The van der Waals surface area contributed by atoms with Crippen LogP contribution in [0.3, 0.4) is 0 Å². The Kier molecular flexibility index (Phi) is 9.17. The Morgan fingerprint density at radius 2 is 1.83 bits per heavy atom. The quantitative estimate of drug-likeness (QED) is 0.328. The standard InChI is InChI=1S/C26H32N4O3S2/c1-5-7-12-24-28-25(34-4)18-30(24)17-20-13-15-21(16-14-20)22-10-8-9-11-23(22)35(32,33)29-26(31)27-19(3)6-2/h8-11,13-16,18H,3,5-7,12,17H2,1-2,4H3,(H2,27,29,31). The first kappa shape index (κ1) is 26.6. The average molecular weight is 513 g/mol. The smallest absolute Gasteiger partial charge is 0.329 e. The first-order valence-corrected chi connectivity index (χ1v) is 14.3. The molecule has 1 aromatic heterocycles. The number of allylic oxidation sites excluding steroid dienone is 1. The van der Waals surface area contributed by atoms with Crippen molar-refractivity contribution in [1.29, 1.82) is 0 Å². The number of carbonyl (C=O) groups excluding carboxylic acids is 1. The van der Waals surface area contributed by atoms with E-state index in [0.717, 1.165) is 41.2 Å². The molecule has 35 heavy (non-hydrogen) atoms. The number of aryl methyl sites for hydroxylation is 1. The molecule has 0 aliphatic carbocycles. The molecule has 0 aliphatic rings. The monoisotopic (exact) mass is 512 g/mol. The van der Waals surface area contributed by atoms with Gasteiger partial charge in [0.05, 0.1) is 4.90 Å². The summed E-state index contributed by atoms with van der Waals surface area (Å²) >= 11 is 1.63. The summed E-state index contributed by atoms with van der Waals surface area (Å²) in [6, 6.07) is 13.6. The number of rotatable bonds is 11. The third-order valence-corrected chi connectivity index (χ3v) is 7.54. The lowest BCUT2D eigenvalue weighted by Gasteiger charge is -2.13. The van der Waals surface area contributed by atoms with Gasteiger partial charge in [0.1, 0.15) is 10.9 Å². The second-order valence-corrected chi connectivity index (χ2v) is 10.6. The van der Waals surface area contributed by atoms with E-state index in [-0.39, 0.29) is 4.90 Å². The Labute approximate surface area is 212 Å². The normalized spacial score (nSPS) is 11.3. The maximum absolute atomic E-state index is 13.0. The van der Waals surface area contributed by atoms with Crippen molar-refractivity contribution in [2.45, 2.75) is 56.0 Å². The summed E-state index contributed by atoms with van der Waals surface area (Å²) < 4.78 is 30.2. The van der Waals surface area contributed by atoms with Gasteiger partial charge in [0.15, 0.2) is 0 Å². The number of nitrogens with zero attached hydrogens (tertiary/aromatic N) is 2. The van der Waals surface area contributed by atoms with Gasteiger partial charge in [0.25, 0.3) is 10.0 Å². The van der Waals surface area contributed by atoms with Crippen LogP contribution >= 0.6 is 11.8 Å². The van der Waals surface area contributed by atoms with E-state index in [1.54, 1.807) is 30.0 Å². The topological polar surface area (TPSA) is 93.1 Å². The maximum atomic E-state index is 13.0. The Balaban J connectivity index is 1.83. The fourth-order valence-corrected chi connectivity index (χ4v) is 5.14. The van der Waals surface area contributed by atoms with Crippen LogP contribution in [0, 0.1) is 0 Å². The number of benzene rings is 2. The van der Waals surface area contributed by atoms with Crippen LogP contribution in [0.15, 0.2) is 76.9 Å².